The molecule has 0 radical (unpaired) electrons. The van der Waals surface area contributed by atoms with Crippen molar-refractivity contribution >= 4 is 28.7 Å². The van der Waals surface area contributed by atoms with Gasteiger partial charge < -0.3 is 5.11 Å². The highest BCUT2D eigenvalue weighted by molar-refractivity contribution is 8.22. The predicted molar refractivity (Wildman–Crippen MR) is 107 cm³/mol. The molecule has 0 saturated carbocycles. The second-order valence-corrected chi connectivity index (χ2v) is 11.6. The van der Waals surface area contributed by atoms with Crippen LogP contribution in [0.15, 0.2) is 71.6 Å². The number of hydrogen-bond acceptors (Lipinski definition) is 2. The van der Waals surface area contributed by atoms with Crippen LogP contribution in [0.3, 0.4) is 0 Å². The quantitative estimate of drug-likeness (QED) is 0.753. The van der Waals surface area contributed by atoms with E-state index in [1.54, 1.807) is 0 Å². The molecule has 2 aromatic carbocycles. The van der Waals surface area contributed by atoms with Crippen molar-refractivity contribution in [1.29, 1.82) is 0 Å². The first-order valence-electron chi connectivity index (χ1n) is 8.29. The molecule has 0 fully saturated rings. The third kappa shape index (κ3) is 2.00. The first-order chi connectivity index (χ1) is 11.5. The third-order valence-corrected chi connectivity index (χ3v) is 10.8. The molecule has 2 aliphatic heterocycles. The molecule has 0 spiro atoms. The molecular formula is C21H21OPS. The van der Waals surface area contributed by atoms with Gasteiger partial charge in [-0.25, -0.2) is 0 Å². The van der Waals surface area contributed by atoms with E-state index in [0.29, 0.717) is 0 Å². The molecule has 0 aromatic heterocycles. The summed E-state index contributed by atoms with van der Waals surface area (Å²) in [5.74, 6) is 0. The molecule has 0 amide bonds. The van der Waals surface area contributed by atoms with Gasteiger partial charge in [0.05, 0.1) is 6.61 Å². The molecule has 4 rings (SSSR count). The van der Waals surface area contributed by atoms with Gasteiger partial charge in [-0.05, 0) is 40.4 Å². The highest BCUT2D eigenvalue weighted by atomic mass is 32.4. The summed E-state index contributed by atoms with van der Waals surface area (Å²) in [6.45, 7) is 4.62. The molecule has 2 atom stereocenters. The van der Waals surface area contributed by atoms with Crippen LogP contribution in [-0.2, 0) is 11.8 Å². The fourth-order valence-electron chi connectivity index (χ4n) is 4.48. The predicted octanol–water partition coefficient (Wildman–Crippen LogP) is 5.33. The van der Waals surface area contributed by atoms with Crippen molar-refractivity contribution in [3.63, 3.8) is 0 Å². The Balaban J connectivity index is 1.98. The van der Waals surface area contributed by atoms with E-state index in [9.17, 15) is 5.11 Å². The van der Waals surface area contributed by atoms with E-state index < -0.39 is 6.04 Å². The van der Waals surface area contributed by atoms with Crippen LogP contribution in [0.2, 0.25) is 0 Å². The SMILES string of the molecule is CC1=C(c2ccccc2)P2(=S)CC1(C)C(c1ccccc1)=C2CO. The van der Waals surface area contributed by atoms with Gasteiger partial charge in [-0.3, -0.25) is 0 Å². The van der Waals surface area contributed by atoms with E-state index in [4.69, 9.17) is 11.8 Å². The van der Waals surface area contributed by atoms with Gasteiger partial charge in [-0.1, -0.05) is 85.0 Å². The molecule has 1 nitrogen and oxygen atoms in total. The minimum absolute atomic E-state index is 0.0554. The molecule has 2 aliphatic rings. The molecule has 0 saturated heterocycles. The molecule has 122 valence electrons. The van der Waals surface area contributed by atoms with Crippen LogP contribution < -0.4 is 0 Å². The molecule has 2 aromatic rings. The van der Waals surface area contributed by atoms with Crippen molar-refractivity contribution in [2.24, 2.45) is 5.41 Å². The first kappa shape index (κ1) is 16.0. The van der Waals surface area contributed by atoms with Gasteiger partial charge in [0.25, 0.3) is 0 Å². The Kier molecular flexibility index (Phi) is 3.69. The minimum atomic E-state index is -1.92. The lowest BCUT2D eigenvalue weighted by atomic mass is 9.74. The van der Waals surface area contributed by atoms with Gasteiger partial charge >= 0.3 is 0 Å². The van der Waals surface area contributed by atoms with Crippen molar-refractivity contribution in [1.82, 2.24) is 0 Å². The van der Waals surface area contributed by atoms with Crippen LogP contribution in [-0.4, -0.2) is 17.9 Å². The maximum atomic E-state index is 10.2. The van der Waals surface area contributed by atoms with Gasteiger partial charge in [0.1, 0.15) is 0 Å². The standard InChI is InChI=1S/C21H21OPS/c1-15-20(17-11-7-4-8-12-17)23(24)14-21(15,2)19(18(23)13-22)16-9-5-3-6-10-16/h3-12,22H,13-14H2,1-2H3. The molecule has 3 heteroatoms. The van der Waals surface area contributed by atoms with Gasteiger partial charge in [0.2, 0.25) is 0 Å². The smallest absolute Gasteiger partial charge is 0.0699 e. The van der Waals surface area contributed by atoms with Crippen LogP contribution in [0.4, 0.5) is 0 Å². The Labute approximate surface area is 148 Å². The molecule has 24 heavy (non-hydrogen) atoms. The monoisotopic (exact) mass is 352 g/mol. The van der Waals surface area contributed by atoms with Crippen molar-refractivity contribution in [2.45, 2.75) is 13.8 Å². The number of rotatable bonds is 3. The Hall–Kier alpha value is -1.47. The zero-order chi connectivity index (χ0) is 16.9. The van der Waals surface area contributed by atoms with Gasteiger partial charge in [0.15, 0.2) is 0 Å². The topological polar surface area (TPSA) is 20.2 Å². The molecule has 1 N–H and O–H groups in total. The molecule has 2 heterocycles. The number of hydrogen-bond donors (Lipinski definition) is 1. The zero-order valence-electron chi connectivity index (χ0n) is 14.0. The summed E-state index contributed by atoms with van der Waals surface area (Å²) in [5.41, 5.74) is 5.07. The fraction of sp³-hybridized carbons (Fsp3) is 0.238. The minimum Gasteiger partial charge on any atom is -0.392 e. The van der Waals surface area contributed by atoms with Gasteiger partial charge in [-0.15, -0.1) is 0 Å². The average Bonchev–Trinajstić information content (AvgIpc) is 2.96. The molecule has 2 bridgehead atoms. The van der Waals surface area contributed by atoms with E-state index in [2.05, 4.69) is 62.4 Å². The lowest BCUT2D eigenvalue weighted by Gasteiger charge is -2.31. The fourth-order valence-corrected chi connectivity index (χ4v) is 10.6. The summed E-state index contributed by atoms with van der Waals surface area (Å²) in [5, 5.41) is 12.7. The van der Waals surface area contributed by atoms with E-state index in [1.165, 1.54) is 27.6 Å². The summed E-state index contributed by atoms with van der Waals surface area (Å²) < 4.78 is 0. The van der Waals surface area contributed by atoms with Crippen LogP contribution in [0, 0.1) is 5.41 Å². The summed E-state index contributed by atoms with van der Waals surface area (Å²) >= 11 is 6.30. The first-order valence-corrected chi connectivity index (χ1v) is 11.3. The average molecular weight is 352 g/mol. The van der Waals surface area contributed by atoms with Crippen LogP contribution in [0.1, 0.15) is 25.0 Å². The summed E-state index contributed by atoms with van der Waals surface area (Å²) in [4.78, 5) is 0. The van der Waals surface area contributed by atoms with Crippen molar-refractivity contribution in [3.8, 4) is 0 Å². The van der Waals surface area contributed by atoms with E-state index >= 15 is 0 Å². The number of aliphatic hydroxyl groups excluding tert-OH is 1. The van der Waals surface area contributed by atoms with Gasteiger partial charge in [0, 0.05) is 11.5 Å². The zero-order valence-corrected chi connectivity index (χ0v) is 15.7. The second kappa shape index (κ2) is 5.52. The van der Waals surface area contributed by atoms with Crippen LogP contribution >= 0.6 is 6.04 Å². The van der Waals surface area contributed by atoms with Crippen LogP contribution in [0.5, 0.6) is 0 Å². The highest BCUT2D eigenvalue weighted by Crippen LogP contribution is 2.82. The number of aliphatic hydroxyl groups is 1. The second-order valence-electron chi connectivity index (χ2n) is 6.92. The summed E-state index contributed by atoms with van der Waals surface area (Å²) in [7, 11) is 0. The van der Waals surface area contributed by atoms with Gasteiger partial charge in [-0.2, -0.15) is 0 Å². The molecule has 2 unspecified atom stereocenters. The lowest BCUT2D eigenvalue weighted by Crippen LogP contribution is -2.19. The maximum Gasteiger partial charge on any atom is 0.0699 e. The maximum absolute atomic E-state index is 10.2. The number of fused-ring (bicyclic) bond motifs is 2. The van der Waals surface area contributed by atoms with Crippen molar-refractivity contribution in [3.05, 3.63) is 82.7 Å². The van der Waals surface area contributed by atoms with E-state index in [1.807, 2.05) is 12.1 Å². The largest absolute Gasteiger partial charge is 0.392 e. The Morgan fingerprint density at radius 1 is 1.00 bits per heavy atom. The molecule has 0 aliphatic carbocycles. The molecular weight excluding hydrogens is 331 g/mol. The Morgan fingerprint density at radius 2 is 1.54 bits per heavy atom. The third-order valence-electron chi connectivity index (χ3n) is 5.62. The van der Waals surface area contributed by atoms with Crippen LogP contribution in [0.25, 0.3) is 10.9 Å². The highest BCUT2D eigenvalue weighted by Gasteiger charge is 2.55. The summed E-state index contributed by atoms with van der Waals surface area (Å²) in [6.07, 6.45) is 0.978. The van der Waals surface area contributed by atoms with Crippen molar-refractivity contribution < 1.29 is 5.11 Å². The van der Waals surface area contributed by atoms with Crippen molar-refractivity contribution in [2.75, 3.05) is 12.8 Å². The Bertz CT molecular complexity index is 911. The number of allylic oxidation sites excluding steroid dienone is 2. The normalized spacial score (nSPS) is 28.8. The number of benzene rings is 2. The van der Waals surface area contributed by atoms with E-state index in [0.717, 1.165) is 11.5 Å². The summed E-state index contributed by atoms with van der Waals surface area (Å²) in [6, 6.07) is 19.1. The van der Waals surface area contributed by atoms with E-state index in [-0.39, 0.29) is 12.0 Å². The Morgan fingerprint density at radius 3 is 2.08 bits per heavy atom. The lowest BCUT2D eigenvalue weighted by molar-refractivity contribution is 0.339.